The molecule has 25 nitrogen and oxygen atoms in total. The predicted octanol–water partition coefficient (Wildman–Crippen LogP) is -7.25. The van der Waals surface area contributed by atoms with Crippen LogP contribution in [-0.2, 0) is 54.4 Å². The lowest BCUT2D eigenvalue weighted by Gasteiger charge is -2.27. The quantitative estimate of drug-likeness (QED) is 0.0385. The number of aliphatic hydroxyl groups is 2. The smallest absolute Gasteiger partial charge is 0.327 e. The molecule has 0 saturated heterocycles. The Morgan fingerprint density at radius 2 is 1.26 bits per heavy atom. The molecule has 0 saturated carbocycles. The average Bonchev–Trinajstić information content (AvgIpc) is 3.67. The van der Waals surface area contributed by atoms with Crippen molar-refractivity contribution in [3.63, 3.8) is 0 Å². The summed E-state index contributed by atoms with van der Waals surface area (Å²) in [4.78, 5) is 132. The number of amides is 8. The number of aromatic amines is 1. The molecule has 1 heterocycles. The number of hydrogen-bond donors (Lipinski definition) is 16. The van der Waals surface area contributed by atoms with E-state index in [1.807, 2.05) is 10.6 Å². The number of hydrogen-bond acceptors (Lipinski definition) is 16. The molecule has 1 rings (SSSR count). The van der Waals surface area contributed by atoms with Crippen LogP contribution in [0.4, 0.5) is 0 Å². The van der Waals surface area contributed by atoms with Crippen molar-refractivity contribution in [2.45, 2.75) is 94.0 Å². The maximum absolute atomic E-state index is 13.4. The molecule has 0 aliphatic carbocycles. The third kappa shape index (κ3) is 17.3. The molecular weight excluding hydrogens is 815 g/mol. The van der Waals surface area contributed by atoms with Crippen molar-refractivity contribution in [2.24, 2.45) is 11.5 Å². The third-order valence-electron chi connectivity index (χ3n) is 7.90. The Labute approximate surface area is 341 Å². The zero-order chi connectivity index (χ0) is 44.3. The minimum atomic E-state index is -1.91. The van der Waals surface area contributed by atoms with Gasteiger partial charge in [0.05, 0.1) is 31.5 Å². The maximum Gasteiger partial charge on any atom is 0.327 e. The predicted molar refractivity (Wildman–Crippen MR) is 204 cm³/mol. The molecule has 0 aliphatic rings. The number of carboxylic acids is 2. The highest BCUT2D eigenvalue weighted by Gasteiger charge is 2.35. The van der Waals surface area contributed by atoms with Crippen molar-refractivity contribution < 1.29 is 68.4 Å². The van der Waals surface area contributed by atoms with Crippen molar-refractivity contribution >= 4 is 84.5 Å². The highest BCUT2D eigenvalue weighted by molar-refractivity contribution is 7.80. The Kier molecular flexibility index (Phi) is 21.8. The van der Waals surface area contributed by atoms with Crippen LogP contribution in [0.15, 0.2) is 12.5 Å². The van der Waals surface area contributed by atoms with Gasteiger partial charge in [0.1, 0.15) is 42.3 Å². The van der Waals surface area contributed by atoms with Gasteiger partial charge in [-0.3, -0.25) is 43.2 Å². The molecule has 1 aromatic heterocycles. The number of nitrogens with zero attached hydrogens (tertiary/aromatic N) is 1. The maximum atomic E-state index is 13.4. The first-order valence-corrected chi connectivity index (χ1v) is 18.5. The fourth-order valence-corrected chi connectivity index (χ4v) is 5.06. The number of aliphatic hydroxyl groups excluding tert-OH is 2. The molecule has 0 fully saturated rings. The summed E-state index contributed by atoms with van der Waals surface area (Å²) in [6.45, 7) is 1.15. The van der Waals surface area contributed by atoms with Gasteiger partial charge in [0.15, 0.2) is 0 Å². The molecule has 0 aromatic carbocycles. The molecule has 0 radical (unpaired) electrons. The van der Waals surface area contributed by atoms with Gasteiger partial charge >= 0.3 is 11.9 Å². The number of thiol groups is 2. The SMILES string of the molecule is C[C@H](NC(=O)[C@H](CCC(N)=O)NC(=O)[C@@H](NC(=O)[C@H](Cc1cnc[nH]1)NC(=O)[C@@H](N)CS)[C@@H](C)O)C(=O)N[C@@H](CC(=O)O)C(=O)N[C@@H](CO)C(=O)N[C@@H](CS)C(=O)O. The number of H-pyrrole nitrogens is 1. The van der Waals surface area contributed by atoms with Gasteiger partial charge in [0.25, 0.3) is 0 Å². The molecule has 0 bridgehead atoms. The first-order valence-electron chi connectivity index (χ1n) is 17.2. The van der Waals surface area contributed by atoms with E-state index in [4.69, 9.17) is 16.6 Å². The van der Waals surface area contributed by atoms with Crippen molar-refractivity contribution in [3.05, 3.63) is 18.2 Å². The third-order valence-corrected chi connectivity index (χ3v) is 8.66. The van der Waals surface area contributed by atoms with E-state index in [2.05, 4.69) is 61.8 Å². The lowest BCUT2D eigenvalue weighted by atomic mass is 10.1. The minimum Gasteiger partial charge on any atom is -0.481 e. The number of rotatable bonds is 26. The lowest BCUT2D eigenvalue weighted by Crippen LogP contribution is -2.61. The van der Waals surface area contributed by atoms with E-state index in [0.717, 1.165) is 13.8 Å². The molecule has 0 aliphatic heterocycles. The van der Waals surface area contributed by atoms with Crippen LogP contribution in [0, 0.1) is 0 Å². The first-order chi connectivity index (χ1) is 27.1. The van der Waals surface area contributed by atoms with Crippen LogP contribution in [0.2, 0.25) is 0 Å². The number of nitrogens with one attached hydrogen (secondary N) is 8. The van der Waals surface area contributed by atoms with E-state index < -0.39 is 140 Å². The van der Waals surface area contributed by atoms with Gasteiger partial charge in [-0.25, -0.2) is 9.78 Å². The van der Waals surface area contributed by atoms with Crippen molar-refractivity contribution in [2.75, 3.05) is 18.1 Å². The topological polar surface area (TPSA) is 417 Å². The number of aromatic nitrogens is 2. The molecule has 0 unspecified atom stereocenters. The number of carboxylic acid groups (broad SMARTS) is 2. The molecule has 58 heavy (non-hydrogen) atoms. The van der Waals surface area contributed by atoms with Crippen molar-refractivity contribution in [1.29, 1.82) is 0 Å². The normalized spacial score (nSPS) is 15.6. The van der Waals surface area contributed by atoms with Crippen LogP contribution in [-0.4, -0.2) is 162 Å². The molecular formula is C31H49N11O14S2. The monoisotopic (exact) mass is 863 g/mol. The van der Waals surface area contributed by atoms with Crippen LogP contribution in [0.5, 0.6) is 0 Å². The van der Waals surface area contributed by atoms with Crippen LogP contribution in [0.1, 0.15) is 38.8 Å². The number of nitrogens with two attached hydrogens (primary N) is 2. The second kappa shape index (κ2) is 25.0. The molecule has 9 atom stereocenters. The summed E-state index contributed by atoms with van der Waals surface area (Å²) in [5.41, 5.74) is 11.3. The van der Waals surface area contributed by atoms with Crippen LogP contribution in [0.3, 0.4) is 0 Å². The Balaban J connectivity index is 3.17. The Hall–Kier alpha value is -5.51. The Morgan fingerprint density at radius 1 is 0.724 bits per heavy atom. The van der Waals surface area contributed by atoms with Gasteiger partial charge in [0.2, 0.25) is 47.3 Å². The van der Waals surface area contributed by atoms with E-state index in [0.29, 0.717) is 5.69 Å². The van der Waals surface area contributed by atoms with Crippen molar-refractivity contribution in [3.8, 4) is 0 Å². The summed E-state index contributed by atoms with van der Waals surface area (Å²) < 4.78 is 0. The Bertz CT molecular complexity index is 1630. The minimum absolute atomic E-state index is 0.0730. The van der Waals surface area contributed by atoms with Gasteiger partial charge in [-0.05, 0) is 20.3 Å². The van der Waals surface area contributed by atoms with Crippen LogP contribution < -0.4 is 48.7 Å². The fourth-order valence-electron chi connectivity index (χ4n) is 4.65. The molecule has 324 valence electrons. The summed E-state index contributed by atoms with van der Waals surface area (Å²) in [7, 11) is 0. The van der Waals surface area contributed by atoms with Gasteiger partial charge in [0, 0.05) is 36.2 Å². The Morgan fingerprint density at radius 3 is 1.76 bits per heavy atom. The molecule has 0 spiro atoms. The van der Waals surface area contributed by atoms with Gasteiger partial charge in [-0.1, -0.05) is 0 Å². The summed E-state index contributed by atoms with van der Waals surface area (Å²) >= 11 is 7.75. The van der Waals surface area contributed by atoms with E-state index in [9.17, 15) is 63.3 Å². The van der Waals surface area contributed by atoms with E-state index in [1.54, 1.807) is 0 Å². The number of carbonyl (C=O) groups excluding carboxylic acids is 8. The van der Waals surface area contributed by atoms with Gasteiger partial charge in [-0.15, -0.1) is 0 Å². The van der Waals surface area contributed by atoms with E-state index in [1.165, 1.54) is 12.5 Å². The standard InChI is InChI=1S/C31H49N11O14S2/c1-12(24(48)38-18(6-22(46)47)27(51)40-19(8-43)29(53)41-20(10-58)31(55)56)36-26(50)16(3-4-21(33)45)37-30(54)23(13(2)44)42-28(52)17(5-14-7-34-11-35-14)39-25(49)15(32)9-57/h7,11-13,15-20,23,43-44,57-58H,3-6,8-10,32H2,1-2H3,(H2,33,45)(H,34,35)(H,36,50)(H,37,54)(H,38,48)(H,39,49)(H,40,51)(H,41,53)(H,42,52)(H,46,47)(H,55,56)/t12-,13+,15-,16-,17-,18-,19-,20-,23-/m0/s1. The van der Waals surface area contributed by atoms with Crippen molar-refractivity contribution in [1.82, 2.24) is 47.2 Å². The zero-order valence-electron chi connectivity index (χ0n) is 31.2. The van der Waals surface area contributed by atoms with E-state index >= 15 is 0 Å². The summed E-state index contributed by atoms with van der Waals surface area (Å²) in [5.74, 6) is -12.1. The largest absolute Gasteiger partial charge is 0.481 e. The molecule has 8 amide bonds. The average molecular weight is 864 g/mol. The summed E-state index contributed by atoms with van der Waals surface area (Å²) in [6.07, 6.45) is -1.12. The fraction of sp³-hybridized carbons (Fsp3) is 0.581. The zero-order valence-corrected chi connectivity index (χ0v) is 33.0. The molecule has 27 heteroatoms. The second-order valence-electron chi connectivity index (χ2n) is 12.6. The van der Waals surface area contributed by atoms with Crippen LogP contribution >= 0.6 is 25.3 Å². The number of primary amides is 1. The molecule has 16 N–H and O–H groups in total. The molecule has 1 aromatic rings. The number of carbonyl (C=O) groups is 10. The highest BCUT2D eigenvalue weighted by Crippen LogP contribution is 2.06. The van der Waals surface area contributed by atoms with E-state index in [-0.39, 0.29) is 17.9 Å². The number of aliphatic carboxylic acids is 2. The lowest BCUT2D eigenvalue weighted by molar-refractivity contribution is -0.143. The van der Waals surface area contributed by atoms with Gasteiger partial charge < -0.3 is 74.1 Å². The summed E-state index contributed by atoms with van der Waals surface area (Å²) in [6, 6.07) is -12.7. The first kappa shape index (κ1) is 50.5. The second-order valence-corrected chi connectivity index (χ2v) is 13.4. The summed E-state index contributed by atoms with van der Waals surface area (Å²) in [5, 5.41) is 53.8. The number of imidazole rings is 1. The highest BCUT2D eigenvalue weighted by atomic mass is 32.1. The van der Waals surface area contributed by atoms with Gasteiger partial charge in [-0.2, -0.15) is 25.3 Å². The van der Waals surface area contributed by atoms with Crippen LogP contribution in [0.25, 0.3) is 0 Å².